The van der Waals surface area contributed by atoms with Crippen molar-refractivity contribution in [1.29, 1.82) is 0 Å². The summed E-state index contributed by atoms with van der Waals surface area (Å²) in [4.78, 5) is 3.56. The smallest absolute Gasteiger partial charge is 0.180 e. The molecule has 0 spiro atoms. The molecule has 2 nitrogen and oxygen atoms in total. The maximum absolute atomic E-state index is 4.47. The van der Waals surface area contributed by atoms with Crippen molar-refractivity contribution in [2.45, 2.75) is 80.1 Å². The van der Waals surface area contributed by atoms with E-state index in [0.29, 0.717) is 0 Å². The molecular weight excluding hydrogens is 329 g/mol. The molecule has 108 valence electrons. The number of hydrogen-bond donors (Lipinski definition) is 0. The molecule has 18 heavy (non-hydrogen) atoms. The van der Waals surface area contributed by atoms with Gasteiger partial charge in [0.25, 0.3) is 0 Å². The van der Waals surface area contributed by atoms with Gasteiger partial charge < -0.3 is 4.42 Å². The Hall–Kier alpha value is 0.00870. The maximum Gasteiger partial charge on any atom is 0.180 e. The molecule has 1 aromatic heterocycles. The average Bonchev–Trinajstić information content (AvgIpc) is 2.98. The molecule has 0 aliphatic heterocycles. The monoisotopic (exact) mass is 363 g/mol. The van der Waals surface area contributed by atoms with Crippen molar-refractivity contribution < 1.29 is 4.42 Å². The van der Waals surface area contributed by atoms with Crippen LogP contribution in [-0.4, -0.2) is 28.9 Å². The van der Waals surface area contributed by atoms with Gasteiger partial charge >= 0.3 is 0 Å². The van der Waals surface area contributed by atoms with Gasteiger partial charge in [0, 0.05) is 23.9 Å². The fourth-order valence-electron chi connectivity index (χ4n) is 0.176. The van der Waals surface area contributed by atoms with E-state index in [9.17, 15) is 0 Å². The number of aromatic nitrogens is 1. The SMILES string of the molecule is CCCC.CCCC.CCCC.[Sn].c1cocn1. The third-order valence-electron chi connectivity index (χ3n) is 1.85. The summed E-state index contributed by atoms with van der Waals surface area (Å²) in [7, 11) is 0. The number of nitrogens with zero attached hydrogens (tertiary/aromatic N) is 1. The van der Waals surface area contributed by atoms with Crippen LogP contribution in [0.3, 0.4) is 0 Å². The third kappa shape index (κ3) is 56.2. The van der Waals surface area contributed by atoms with Crippen molar-refractivity contribution in [3.05, 3.63) is 18.9 Å². The van der Waals surface area contributed by atoms with E-state index >= 15 is 0 Å². The van der Waals surface area contributed by atoms with Crippen LogP contribution >= 0.6 is 0 Å². The van der Waals surface area contributed by atoms with Crippen molar-refractivity contribution in [2.75, 3.05) is 0 Å². The zero-order valence-corrected chi connectivity index (χ0v) is 16.2. The molecule has 0 amide bonds. The van der Waals surface area contributed by atoms with Gasteiger partial charge in [0.2, 0.25) is 0 Å². The van der Waals surface area contributed by atoms with Gasteiger partial charge in [-0.2, -0.15) is 0 Å². The molecule has 0 aliphatic carbocycles. The fourth-order valence-corrected chi connectivity index (χ4v) is 0.176. The summed E-state index contributed by atoms with van der Waals surface area (Å²) in [5.41, 5.74) is 0. The second-order valence-corrected chi connectivity index (χ2v) is 3.68. The molecule has 0 unspecified atom stereocenters. The Balaban J connectivity index is -0.0000000719. The molecule has 0 aliphatic rings. The van der Waals surface area contributed by atoms with Gasteiger partial charge in [-0.15, -0.1) is 0 Å². The van der Waals surface area contributed by atoms with E-state index in [4.69, 9.17) is 0 Å². The molecule has 0 bridgehead atoms. The topological polar surface area (TPSA) is 26.0 Å². The summed E-state index contributed by atoms with van der Waals surface area (Å²) in [5.74, 6) is 0. The molecule has 1 rings (SSSR count). The molecule has 3 heteroatoms. The Morgan fingerprint density at radius 1 is 0.722 bits per heavy atom. The zero-order chi connectivity index (χ0) is 13.8. The Kier molecular flexibility index (Phi) is 53.0. The van der Waals surface area contributed by atoms with E-state index in [1.54, 1.807) is 6.20 Å². The van der Waals surface area contributed by atoms with E-state index < -0.39 is 0 Å². The molecule has 0 saturated heterocycles. The molecule has 1 heterocycles. The Bertz CT molecular complexity index is 123. The number of rotatable bonds is 3. The molecule has 0 fully saturated rings. The van der Waals surface area contributed by atoms with E-state index in [1.807, 2.05) is 0 Å². The first-order valence-electron chi connectivity index (χ1n) is 7.06. The molecule has 1 aromatic rings. The molecule has 0 aromatic carbocycles. The van der Waals surface area contributed by atoms with E-state index in [1.165, 1.54) is 51.2 Å². The minimum absolute atomic E-state index is 0. The first kappa shape index (κ1) is 26.5. The van der Waals surface area contributed by atoms with Gasteiger partial charge in [-0.05, 0) is 0 Å². The summed E-state index contributed by atoms with van der Waals surface area (Å²) in [6, 6.07) is 0. The summed E-state index contributed by atoms with van der Waals surface area (Å²) in [6.45, 7) is 13.1. The van der Waals surface area contributed by atoms with Crippen LogP contribution in [0, 0.1) is 0 Å². The molecular formula is C15H33NOSn. The van der Waals surface area contributed by atoms with Gasteiger partial charge in [-0.25, -0.2) is 4.98 Å². The second-order valence-electron chi connectivity index (χ2n) is 3.68. The summed E-state index contributed by atoms with van der Waals surface area (Å²) in [5, 5.41) is 0. The number of oxazole rings is 1. The van der Waals surface area contributed by atoms with Crippen LogP contribution < -0.4 is 0 Å². The Morgan fingerprint density at radius 2 is 1.06 bits per heavy atom. The van der Waals surface area contributed by atoms with Gasteiger partial charge in [0.1, 0.15) is 6.26 Å². The Labute approximate surface area is 132 Å². The largest absolute Gasteiger partial charge is 0.452 e. The molecule has 4 radical (unpaired) electrons. The van der Waals surface area contributed by atoms with Crippen LogP contribution in [0.4, 0.5) is 0 Å². The fraction of sp³-hybridized carbons (Fsp3) is 0.800. The van der Waals surface area contributed by atoms with E-state index in [0.717, 1.165) is 0 Å². The van der Waals surface area contributed by atoms with E-state index in [-0.39, 0.29) is 23.9 Å². The normalized spacial score (nSPS) is 7.22. The van der Waals surface area contributed by atoms with Crippen LogP contribution in [0.2, 0.25) is 0 Å². The summed E-state index contributed by atoms with van der Waals surface area (Å²) < 4.78 is 4.47. The molecule has 0 saturated carbocycles. The van der Waals surface area contributed by atoms with Crippen LogP contribution in [-0.2, 0) is 0 Å². The quantitative estimate of drug-likeness (QED) is 0.644. The van der Waals surface area contributed by atoms with E-state index in [2.05, 4.69) is 50.9 Å². The standard InChI is InChI=1S/3C4H10.C3H3NO.Sn/c3*1-3-4-2;1-2-5-3-4-1;/h3*3-4H2,1-2H3;1-3H;. The van der Waals surface area contributed by atoms with Crippen molar-refractivity contribution in [1.82, 2.24) is 4.98 Å². The first-order valence-corrected chi connectivity index (χ1v) is 7.06. The van der Waals surface area contributed by atoms with Gasteiger partial charge in [0.15, 0.2) is 6.39 Å². The summed E-state index contributed by atoms with van der Waals surface area (Å²) >= 11 is 0. The third-order valence-corrected chi connectivity index (χ3v) is 1.85. The first-order chi connectivity index (χ1) is 8.24. The molecule has 0 N–H and O–H groups in total. The predicted octanol–water partition coefficient (Wildman–Crippen LogP) is 5.71. The zero-order valence-electron chi connectivity index (χ0n) is 13.3. The number of unbranched alkanes of at least 4 members (excludes halogenated alkanes) is 3. The van der Waals surface area contributed by atoms with Crippen molar-refractivity contribution in [2.24, 2.45) is 0 Å². The minimum Gasteiger partial charge on any atom is -0.452 e. The van der Waals surface area contributed by atoms with Crippen molar-refractivity contribution >= 4 is 23.9 Å². The predicted molar refractivity (Wildman–Crippen MR) is 84.0 cm³/mol. The second kappa shape index (κ2) is 36.0. The van der Waals surface area contributed by atoms with Gasteiger partial charge in [-0.1, -0.05) is 80.1 Å². The maximum atomic E-state index is 4.47. The van der Waals surface area contributed by atoms with Crippen LogP contribution in [0.25, 0.3) is 0 Å². The molecule has 0 atom stereocenters. The van der Waals surface area contributed by atoms with Gasteiger partial charge in [-0.3, -0.25) is 0 Å². The van der Waals surface area contributed by atoms with Crippen LogP contribution in [0.1, 0.15) is 80.1 Å². The van der Waals surface area contributed by atoms with Crippen molar-refractivity contribution in [3.8, 4) is 0 Å². The van der Waals surface area contributed by atoms with Gasteiger partial charge in [0.05, 0.1) is 6.20 Å². The minimum atomic E-state index is 0. The van der Waals surface area contributed by atoms with Crippen LogP contribution in [0.5, 0.6) is 0 Å². The van der Waals surface area contributed by atoms with Crippen LogP contribution in [0.15, 0.2) is 23.3 Å². The number of hydrogen-bond acceptors (Lipinski definition) is 2. The average molecular weight is 362 g/mol. The van der Waals surface area contributed by atoms with Crippen molar-refractivity contribution in [3.63, 3.8) is 0 Å². The Morgan fingerprint density at radius 3 is 1.11 bits per heavy atom. The summed E-state index contributed by atoms with van der Waals surface area (Å²) in [6.07, 6.45) is 12.4.